The Balaban J connectivity index is 2.30. The minimum Gasteiger partial charge on any atom is -0.383 e. The number of carbonyl (C=O) groups excluding carboxylic acids is 2. The molecule has 20 heavy (non-hydrogen) atoms. The zero-order chi connectivity index (χ0) is 15.0. The molecule has 110 valence electrons. The lowest BCUT2D eigenvalue weighted by molar-refractivity contribution is -0.121. The van der Waals surface area contributed by atoms with E-state index in [0.717, 1.165) is 5.56 Å². The predicted molar refractivity (Wildman–Crippen MR) is 77.6 cm³/mol. The first-order chi connectivity index (χ1) is 9.52. The summed E-state index contributed by atoms with van der Waals surface area (Å²) in [6.07, 6.45) is 0.256. The van der Waals surface area contributed by atoms with Crippen LogP contribution in [-0.2, 0) is 9.53 Å². The molecule has 2 N–H and O–H groups in total. The summed E-state index contributed by atoms with van der Waals surface area (Å²) in [5.41, 5.74) is 1.64. The Bertz CT molecular complexity index is 460. The smallest absolute Gasteiger partial charge is 0.251 e. The van der Waals surface area contributed by atoms with Gasteiger partial charge in [-0.1, -0.05) is 17.7 Å². The number of nitrogens with one attached hydrogen (secondary N) is 2. The number of ether oxygens (including phenoxy) is 1. The van der Waals surface area contributed by atoms with Crippen LogP contribution >= 0.6 is 0 Å². The highest BCUT2D eigenvalue weighted by Crippen LogP contribution is 2.03. The van der Waals surface area contributed by atoms with Gasteiger partial charge in [0.1, 0.15) is 0 Å². The van der Waals surface area contributed by atoms with Gasteiger partial charge in [0.25, 0.3) is 5.91 Å². The van der Waals surface area contributed by atoms with Crippen molar-refractivity contribution >= 4 is 11.8 Å². The van der Waals surface area contributed by atoms with Crippen LogP contribution in [0.5, 0.6) is 0 Å². The lowest BCUT2D eigenvalue weighted by Crippen LogP contribution is -2.37. The van der Waals surface area contributed by atoms with Gasteiger partial charge in [0.2, 0.25) is 5.91 Å². The van der Waals surface area contributed by atoms with Crippen LogP contribution in [0.1, 0.15) is 29.3 Å². The number of hydrogen-bond donors (Lipinski definition) is 2. The molecule has 0 aromatic heterocycles. The van der Waals surface area contributed by atoms with Crippen molar-refractivity contribution in [1.82, 2.24) is 10.6 Å². The first-order valence-corrected chi connectivity index (χ1v) is 6.66. The van der Waals surface area contributed by atoms with Crippen LogP contribution < -0.4 is 10.6 Å². The maximum Gasteiger partial charge on any atom is 0.251 e. The van der Waals surface area contributed by atoms with Gasteiger partial charge in [-0.05, 0) is 26.0 Å². The summed E-state index contributed by atoms with van der Waals surface area (Å²) in [5.74, 6) is -0.259. The van der Waals surface area contributed by atoms with Crippen molar-refractivity contribution in [2.75, 3.05) is 20.3 Å². The van der Waals surface area contributed by atoms with Crippen molar-refractivity contribution in [3.8, 4) is 0 Å². The van der Waals surface area contributed by atoms with Gasteiger partial charge < -0.3 is 15.4 Å². The van der Waals surface area contributed by atoms with Crippen LogP contribution in [0.25, 0.3) is 0 Å². The Hall–Kier alpha value is -1.88. The maximum absolute atomic E-state index is 11.8. The molecule has 0 aliphatic rings. The van der Waals surface area contributed by atoms with Crippen LogP contribution in [0.2, 0.25) is 0 Å². The molecule has 0 unspecified atom stereocenters. The summed E-state index contributed by atoms with van der Waals surface area (Å²) in [5, 5.41) is 5.52. The van der Waals surface area contributed by atoms with Crippen molar-refractivity contribution in [2.24, 2.45) is 0 Å². The van der Waals surface area contributed by atoms with Gasteiger partial charge in [0.15, 0.2) is 0 Å². The molecule has 2 amide bonds. The van der Waals surface area contributed by atoms with Crippen molar-refractivity contribution < 1.29 is 14.3 Å². The van der Waals surface area contributed by atoms with Crippen LogP contribution in [0.15, 0.2) is 24.3 Å². The molecule has 5 nitrogen and oxygen atoms in total. The van der Waals surface area contributed by atoms with Crippen LogP contribution in [-0.4, -0.2) is 38.1 Å². The average Bonchev–Trinajstić information content (AvgIpc) is 2.38. The molecule has 1 atom stereocenters. The Morgan fingerprint density at radius 1 is 1.35 bits per heavy atom. The van der Waals surface area contributed by atoms with E-state index in [1.807, 2.05) is 32.0 Å². The van der Waals surface area contributed by atoms with E-state index in [-0.39, 0.29) is 24.3 Å². The molecular weight excluding hydrogens is 256 g/mol. The van der Waals surface area contributed by atoms with E-state index in [1.165, 1.54) is 0 Å². The molecule has 0 aliphatic carbocycles. The summed E-state index contributed by atoms with van der Waals surface area (Å²) in [6.45, 7) is 4.59. The van der Waals surface area contributed by atoms with Crippen LogP contribution in [0.4, 0.5) is 0 Å². The lowest BCUT2D eigenvalue weighted by Gasteiger charge is -2.12. The number of carbonyl (C=O) groups is 2. The summed E-state index contributed by atoms with van der Waals surface area (Å²) < 4.78 is 4.93. The molecule has 0 spiro atoms. The first kappa shape index (κ1) is 16.2. The van der Waals surface area contributed by atoms with Crippen LogP contribution in [0.3, 0.4) is 0 Å². The van der Waals surface area contributed by atoms with Crippen molar-refractivity contribution in [3.63, 3.8) is 0 Å². The summed E-state index contributed by atoms with van der Waals surface area (Å²) in [4.78, 5) is 23.4. The third kappa shape index (κ3) is 5.84. The molecule has 0 fully saturated rings. The number of methoxy groups -OCH3 is 1. The van der Waals surface area contributed by atoms with E-state index in [2.05, 4.69) is 10.6 Å². The molecule has 5 heteroatoms. The van der Waals surface area contributed by atoms with E-state index in [0.29, 0.717) is 18.7 Å². The van der Waals surface area contributed by atoms with Gasteiger partial charge in [-0.3, -0.25) is 9.59 Å². The lowest BCUT2D eigenvalue weighted by atomic mass is 10.1. The predicted octanol–water partition coefficient (Wildman–Crippen LogP) is 1.27. The van der Waals surface area contributed by atoms with Gasteiger partial charge >= 0.3 is 0 Å². The second kappa shape index (κ2) is 8.32. The minimum atomic E-state index is -0.161. The molecule has 0 radical (unpaired) electrons. The van der Waals surface area contributed by atoms with E-state index < -0.39 is 0 Å². The Morgan fingerprint density at radius 3 is 2.75 bits per heavy atom. The van der Waals surface area contributed by atoms with E-state index >= 15 is 0 Å². The van der Waals surface area contributed by atoms with E-state index in [4.69, 9.17) is 4.74 Å². The molecular formula is C15H22N2O3. The molecule has 0 aliphatic heterocycles. The van der Waals surface area contributed by atoms with Crippen molar-refractivity contribution in [2.45, 2.75) is 26.3 Å². The van der Waals surface area contributed by atoms with Crippen molar-refractivity contribution in [1.29, 1.82) is 0 Å². The number of hydrogen-bond acceptors (Lipinski definition) is 3. The van der Waals surface area contributed by atoms with Gasteiger partial charge in [0.05, 0.1) is 6.61 Å². The fourth-order valence-electron chi connectivity index (χ4n) is 1.82. The van der Waals surface area contributed by atoms with Gasteiger partial charge in [0, 0.05) is 31.7 Å². The van der Waals surface area contributed by atoms with Gasteiger partial charge in [-0.25, -0.2) is 0 Å². The van der Waals surface area contributed by atoms with Crippen molar-refractivity contribution in [3.05, 3.63) is 35.4 Å². The highest BCUT2D eigenvalue weighted by Gasteiger charge is 2.08. The molecule has 0 bridgehead atoms. The summed E-state index contributed by atoms with van der Waals surface area (Å²) in [6, 6.07) is 7.31. The standard InChI is InChI=1S/C15H22N2O3/c1-11-5-4-6-13(9-11)15(19)16-8-7-14(18)17-12(2)10-20-3/h4-6,9,12H,7-8,10H2,1-3H3,(H,16,19)(H,17,18)/t12-/m0/s1. The SMILES string of the molecule is COC[C@H](C)NC(=O)CCNC(=O)c1cccc(C)c1. The third-order valence-corrected chi connectivity index (χ3v) is 2.74. The maximum atomic E-state index is 11.8. The van der Waals surface area contributed by atoms with E-state index in [9.17, 15) is 9.59 Å². The van der Waals surface area contributed by atoms with E-state index in [1.54, 1.807) is 13.2 Å². The highest BCUT2D eigenvalue weighted by molar-refractivity contribution is 5.94. The molecule has 0 heterocycles. The normalized spacial score (nSPS) is 11.8. The Morgan fingerprint density at radius 2 is 2.10 bits per heavy atom. The quantitative estimate of drug-likeness (QED) is 0.789. The first-order valence-electron chi connectivity index (χ1n) is 6.66. The van der Waals surface area contributed by atoms with Gasteiger partial charge in [-0.2, -0.15) is 0 Å². The number of amides is 2. The molecule has 0 saturated heterocycles. The number of rotatable bonds is 7. The number of aryl methyl sites for hydroxylation is 1. The topological polar surface area (TPSA) is 67.4 Å². The van der Waals surface area contributed by atoms with Crippen LogP contribution in [0, 0.1) is 6.92 Å². The fraction of sp³-hybridized carbons (Fsp3) is 0.467. The highest BCUT2D eigenvalue weighted by atomic mass is 16.5. The summed E-state index contributed by atoms with van der Waals surface area (Å²) >= 11 is 0. The monoisotopic (exact) mass is 278 g/mol. The second-order valence-corrected chi connectivity index (χ2v) is 4.80. The zero-order valence-electron chi connectivity index (χ0n) is 12.2. The van der Waals surface area contributed by atoms with Gasteiger partial charge in [-0.15, -0.1) is 0 Å². The molecule has 1 aromatic rings. The molecule has 1 aromatic carbocycles. The fourth-order valence-corrected chi connectivity index (χ4v) is 1.82. The molecule has 1 rings (SSSR count). The largest absolute Gasteiger partial charge is 0.383 e. The number of benzene rings is 1. The Labute approximate surface area is 119 Å². The third-order valence-electron chi connectivity index (χ3n) is 2.74. The minimum absolute atomic E-state index is 0.0278. The Kier molecular flexibility index (Phi) is 6.73. The average molecular weight is 278 g/mol. The molecule has 0 saturated carbocycles. The second-order valence-electron chi connectivity index (χ2n) is 4.80. The summed E-state index contributed by atoms with van der Waals surface area (Å²) in [7, 11) is 1.59. The zero-order valence-corrected chi connectivity index (χ0v) is 12.2.